The van der Waals surface area contributed by atoms with Gasteiger partial charge in [0.15, 0.2) is 0 Å². The van der Waals surface area contributed by atoms with Crippen molar-refractivity contribution < 1.29 is 9.59 Å². The number of amides is 2. The molecule has 0 heterocycles. The molecule has 1 aromatic rings. The van der Waals surface area contributed by atoms with E-state index in [0.29, 0.717) is 11.3 Å². The maximum absolute atomic E-state index is 11.6. The van der Waals surface area contributed by atoms with Gasteiger partial charge in [-0.25, -0.2) is 0 Å². The van der Waals surface area contributed by atoms with Crippen LogP contribution in [0.5, 0.6) is 0 Å². The lowest BCUT2D eigenvalue weighted by Gasteiger charge is -2.10. The first-order valence-electron chi connectivity index (χ1n) is 6.00. The van der Waals surface area contributed by atoms with Gasteiger partial charge >= 0.3 is 0 Å². The summed E-state index contributed by atoms with van der Waals surface area (Å²) in [5.74, 6) is -0.368. The molecule has 0 unspecified atom stereocenters. The minimum atomic E-state index is -0.215. The highest BCUT2D eigenvalue weighted by Gasteiger charge is 2.10. The molecular formula is C13H19N3O2. The van der Waals surface area contributed by atoms with Gasteiger partial charge in [-0.15, -0.1) is 0 Å². The van der Waals surface area contributed by atoms with Crippen LogP contribution in [0.3, 0.4) is 0 Å². The molecular weight excluding hydrogens is 230 g/mol. The second-order valence-electron chi connectivity index (χ2n) is 3.85. The van der Waals surface area contributed by atoms with E-state index < -0.39 is 0 Å². The van der Waals surface area contributed by atoms with Gasteiger partial charge in [0, 0.05) is 7.05 Å². The second kappa shape index (κ2) is 7.45. The van der Waals surface area contributed by atoms with Gasteiger partial charge in [0.2, 0.25) is 5.91 Å². The van der Waals surface area contributed by atoms with Crippen LogP contribution in [-0.2, 0) is 4.79 Å². The smallest absolute Gasteiger partial charge is 0.253 e. The molecule has 0 fully saturated rings. The fourth-order valence-corrected chi connectivity index (χ4v) is 1.50. The van der Waals surface area contributed by atoms with Crippen LogP contribution in [0.15, 0.2) is 24.3 Å². The van der Waals surface area contributed by atoms with Crippen molar-refractivity contribution in [1.29, 1.82) is 0 Å². The molecule has 1 aromatic carbocycles. The summed E-state index contributed by atoms with van der Waals surface area (Å²) in [6.07, 6.45) is 0.974. The van der Waals surface area contributed by atoms with Crippen molar-refractivity contribution in [2.24, 2.45) is 0 Å². The molecule has 18 heavy (non-hydrogen) atoms. The van der Waals surface area contributed by atoms with Gasteiger partial charge in [-0.3, -0.25) is 9.59 Å². The van der Waals surface area contributed by atoms with Crippen LogP contribution in [0.4, 0.5) is 5.69 Å². The van der Waals surface area contributed by atoms with E-state index in [9.17, 15) is 9.59 Å². The van der Waals surface area contributed by atoms with E-state index in [1.54, 1.807) is 31.3 Å². The van der Waals surface area contributed by atoms with Crippen molar-refractivity contribution in [3.05, 3.63) is 29.8 Å². The Hall–Kier alpha value is -1.88. The van der Waals surface area contributed by atoms with Crippen molar-refractivity contribution in [2.75, 3.05) is 25.5 Å². The van der Waals surface area contributed by atoms with Gasteiger partial charge in [0.1, 0.15) is 0 Å². The first kappa shape index (κ1) is 14.2. The standard InChI is InChI=1S/C13H19N3O2/c1-3-8-15-9-12(17)16-11-7-5-4-6-10(11)13(18)14-2/h4-7,15H,3,8-9H2,1-2H3,(H,14,18)(H,16,17). The Bertz CT molecular complexity index is 418. The first-order chi connectivity index (χ1) is 8.69. The van der Waals surface area contributed by atoms with Crippen molar-refractivity contribution in [3.63, 3.8) is 0 Å². The third kappa shape index (κ3) is 4.18. The lowest BCUT2D eigenvalue weighted by Crippen LogP contribution is -2.29. The lowest BCUT2D eigenvalue weighted by atomic mass is 10.1. The summed E-state index contributed by atoms with van der Waals surface area (Å²) in [4.78, 5) is 23.2. The number of hydrogen-bond acceptors (Lipinski definition) is 3. The van der Waals surface area contributed by atoms with Crippen molar-refractivity contribution in [2.45, 2.75) is 13.3 Å². The minimum absolute atomic E-state index is 0.153. The van der Waals surface area contributed by atoms with Gasteiger partial charge in [0.05, 0.1) is 17.8 Å². The van der Waals surface area contributed by atoms with Crippen LogP contribution >= 0.6 is 0 Å². The molecule has 0 aliphatic rings. The number of carbonyl (C=O) groups is 2. The fourth-order valence-electron chi connectivity index (χ4n) is 1.50. The van der Waals surface area contributed by atoms with E-state index in [4.69, 9.17) is 0 Å². The Labute approximate surface area is 107 Å². The lowest BCUT2D eigenvalue weighted by molar-refractivity contribution is -0.115. The summed E-state index contributed by atoms with van der Waals surface area (Å²) in [5.41, 5.74) is 0.990. The molecule has 5 nitrogen and oxygen atoms in total. The third-order valence-corrected chi connectivity index (χ3v) is 2.39. The van der Waals surface area contributed by atoms with E-state index in [0.717, 1.165) is 13.0 Å². The minimum Gasteiger partial charge on any atom is -0.355 e. The Morgan fingerprint density at radius 2 is 1.94 bits per heavy atom. The molecule has 0 saturated carbocycles. The number of benzene rings is 1. The summed E-state index contributed by atoms with van der Waals surface area (Å²) in [5, 5.41) is 8.27. The zero-order chi connectivity index (χ0) is 13.4. The second-order valence-corrected chi connectivity index (χ2v) is 3.85. The Morgan fingerprint density at radius 1 is 1.22 bits per heavy atom. The number of para-hydroxylation sites is 1. The summed E-state index contributed by atoms with van der Waals surface area (Å²) in [7, 11) is 1.56. The largest absolute Gasteiger partial charge is 0.355 e. The number of anilines is 1. The van der Waals surface area contributed by atoms with Crippen LogP contribution in [0.1, 0.15) is 23.7 Å². The summed E-state index contributed by atoms with van der Waals surface area (Å²) < 4.78 is 0. The van der Waals surface area contributed by atoms with E-state index in [2.05, 4.69) is 16.0 Å². The molecule has 0 aliphatic carbocycles. The van der Waals surface area contributed by atoms with Gasteiger partial charge in [0.25, 0.3) is 5.91 Å². The number of nitrogens with one attached hydrogen (secondary N) is 3. The quantitative estimate of drug-likeness (QED) is 0.658. The topological polar surface area (TPSA) is 70.2 Å². The third-order valence-electron chi connectivity index (χ3n) is 2.39. The normalized spacial score (nSPS) is 9.89. The fraction of sp³-hybridized carbons (Fsp3) is 0.385. The van der Waals surface area contributed by atoms with Gasteiger partial charge < -0.3 is 16.0 Å². The molecule has 0 atom stereocenters. The van der Waals surface area contributed by atoms with E-state index in [1.807, 2.05) is 6.92 Å². The summed E-state index contributed by atoms with van der Waals surface area (Å²) in [6.45, 7) is 3.08. The van der Waals surface area contributed by atoms with E-state index >= 15 is 0 Å². The molecule has 2 amide bonds. The van der Waals surface area contributed by atoms with Crippen LogP contribution in [0, 0.1) is 0 Å². The highest BCUT2D eigenvalue weighted by molar-refractivity contribution is 6.03. The maximum Gasteiger partial charge on any atom is 0.253 e. The molecule has 5 heteroatoms. The SMILES string of the molecule is CCCNCC(=O)Nc1ccccc1C(=O)NC. The summed E-state index contributed by atoms with van der Waals surface area (Å²) >= 11 is 0. The Kier molecular flexibility index (Phi) is 5.87. The Morgan fingerprint density at radius 3 is 2.61 bits per heavy atom. The van der Waals surface area contributed by atoms with Gasteiger partial charge in [-0.1, -0.05) is 19.1 Å². The van der Waals surface area contributed by atoms with Crippen LogP contribution in [0.25, 0.3) is 0 Å². The average Bonchev–Trinajstić information content (AvgIpc) is 2.39. The molecule has 1 rings (SSSR count). The zero-order valence-corrected chi connectivity index (χ0v) is 10.7. The molecule has 3 N–H and O–H groups in total. The number of rotatable bonds is 6. The molecule has 98 valence electrons. The summed E-state index contributed by atoms with van der Waals surface area (Å²) in [6, 6.07) is 6.92. The molecule has 0 saturated heterocycles. The first-order valence-corrected chi connectivity index (χ1v) is 6.00. The van der Waals surface area contributed by atoms with Gasteiger partial charge in [-0.05, 0) is 25.1 Å². The highest BCUT2D eigenvalue weighted by Crippen LogP contribution is 2.14. The van der Waals surface area contributed by atoms with Crippen molar-refractivity contribution in [1.82, 2.24) is 10.6 Å². The van der Waals surface area contributed by atoms with Gasteiger partial charge in [-0.2, -0.15) is 0 Å². The average molecular weight is 249 g/mol. The number of carbonyl (C=O) groups excluding carboxylic acids is 2. The Balaban J connectivity index is 2.66. The predicted molar refractivity (Wildman–Crippen MR) is 71.6 cm³/mol. The van der Waals surface area contributed by atoms with Crippen LogP contribution in [-0.4, -0.2) is 32.0 Å². The van der Waals surface area contributed by atoms with Crippen LogP contribution < -0.4 is 16.0 Å². The van der Waals surface area contributed by atoms with E-state index in [1.165, 1.54) is 0 Å². The molecule has 0 aromatic heterocycles. The molecule has 0 bridgehead atoms. The van der Waals surface area contributed by atoms with E-state index in [-0.39, 0.29) is 18.4 Å². The predicted octanol–water partition coefficient (Wildman–Crippen LogP) is 0.984. The number of hydrogen-bond donors (Lipinski definition) is 3. The van der Waals surface area contributed by atoms with Crippen molar-refractivity contribution in [3.8, 4) is 0 Å². The molecule has 0 radical (unpaired) electrons. The maximum atomic E-state index is 11.6. The van der Waals surface area contributed by atoms with Crippen LogP contribution in [0.2, 0.25) is 0 Å². The zero-order valence-electron chi connectivity index (χ0n) is 10.7. The molecule has 0 spiro atoms. The monoisotopic (exact) mass is 249 g/mol. The van der Waals surface area contributed by atoms with Crippen molar-refractivity contribution >= 4 is 17.5 Å². The molecule has 0 aliphatic heterocycles. The highest BCUT2D eigenvalue weighted by atomic mass is 16.2.